The molecule has 0 atom stereocenters. The van der Waals surface area contributed by atoms with Crippen molar-refractivity contribution in [2.45, 2.75) is 20.8 Å². The molecule has 20 heavy (non-hydrogen) atoms. The number of nitrogens with zero attached hydrogens (tertiary/aromatic N) is 1. The van der Waals surface area contributed by atoms with Crippen molar-refractivity contribution in [1.82, 2.24) is 10.2 Å². The molecule has 1 aromatic rings. The highest BCUT2D eigenvalue weighted by atomic mass is 16.5. The molecule has 4 heteroatoms. The van der Waals surface area contributed by atoms with E-state index in [-0.39, 0.29) is 5.78 Å². The molecule has 4 nitrogen and oxygen atoms in total. The van der Waals surface area contributed by atoms with Crippen LogP contribution in [0.3, 0.4) is 0 Å². The summed E-state index contributed by atoms with van der Waals surface area (Å²) < 4.78 is 5.41. The van der Waals surface area contributed by atoms with Crippen molar-refractivity contribution in [3.8, 4) is 5.75 Å². The van der Waals surface area contributed by atoms with Gasteiger partial charge in [-0.15, -0.1) is 0 Å². The first-order valence-corrected chi connectivity index (χ1v) is 7.15. The van der Waals surface area contributed by atoms with Gasteiger partial charge in [-0.1, -0.05) is 0 Å². The van der Waals surface area contributed by atoms with Gasteiger partial charge in [-0.25, -0.2) is 0 Å². The number of hydrogen-bond acceptors (Lipinski definition) is 4. The minimum absolute atomic E-state index is 0.207. The van der Waals surface area contributed by atoms with Crippen molar-refractivity contribution >= 4 is 5.78 Å². The molecule has 1 heterocycles. The maximum absolute atomic E-state index is 12.5. The number of nitrogens with one attached hydrogen (secondary N) is 1. The van der Waals surface area contributed by atoms with Gasteiger partial charge in [0.15, 0.2) is 5.78 Å². The Hall–Kier alpha value is -1.39. The number of benzene rings is 1. The molecule has 1 saturated heterocycles. The molecule has 2 rings (SSSR count). The summed E-state index contributed by atoms with van der Waals surface area (Å²) in [6.07, 6.45) is 0. The van der Waals surface area contributed by atoms with Crippen LogP contribution in [-0.2, 0) is 0 Å². The van der Waals surface area contributed by atoms with Crippen LogP contribution in [0.25, 0.3) is 0 Å². The van der Waals surface area contributed by atoms with Crippen LogP contribution in [0.15, 0.2) is 6.07 Å². The highest BCUT2D eigenvalue weighted by molar-refractivity contribution is 5.99. The number of piperazine rings is 1. The first-order chi connectivity index (χ1) is 9.54. The number of carbonyl (C=O) groups is 1. The van der Waals surface area contributed by atoms with Crippen LogP contribution in [0.1, 0.15) is 27.0 Å². The Bertz CT molecular complexity index is 506. The van der Waals surface area contributed by atoms with Crippen molar-refractivity contribution in [3.63, 3.8) is 0 Å². The van der Waals surface area contributed by atoms with E-state index in [4.69, 9.17) is 4.74 Å². The summed E-state index contributed by atoms with van der Waals surface area (Å²) in [6.45, 7) is 10.3. The molecule has 0 aromatic heterocycles. The van der Waals surface area contributed by atoms with Gasteiger partial charge in [-0.05, 0) is 43.5 Å². The first-order valence-electron chi connectivity index (χ1n) is 7.15. The van der Waals surface area contributed by atoms with Gasteiger partial charge in [0, 0.05) is 31.7 Å². The summed E-state index contributed by atoms with van der Waals surface area (Å²) in [4.78, 5) is 14.8. The van der Waals surface area contributed by atoms with Crippen molar-refractivity contribution in [2.24, 2.45) is 0 Å². The second kappa shape index (κ2) is 6.37. The fourth-order valence-corrected chi connectivity index (χ4v) is 2.82. The van der Waals surface area contributed by atoms with E-state index in [1.807, 2.05) is 26.8 Å². The topological polar surface area (TPSA) is 41.6 Å². The van der Waals surface area contributed by atoms with E-state index < -0.39 is 0 Å². The SMILES string of the molecule is COc1c(C)cc(C(=O)CN2CCNCC2)c(C)c1C. The van der Waals surface area contributed by atoms with E-state index in [2.05, 4.69) is 10.2 Å². The highest BCUT2D eigenvalue weighted by Gasteiger charge is 2.19. The molecular weight excluding hydrogens is 252 g/mol. The Morgan fingerprint density at radius 2 is 1.90 bits per heavy atom. The fraction of sp³-hybridized carbons (Fsp3) is 0.562. The zero-order chi connectivity index (χ0) is 14.7. The van der Waals surface area contributed by atoms with E-state index >= 15 is 0 Å². The third kappa shape index (κ3) is 3.02. The zero-order valence-corrected chi connectivity index (χ0v) is 12.9. The lowest BCUT2D eigenvalue weighted by Gasteiger charge is -2.27. The van der Waals surface area contributed by atoms with Crippen LogP contribution in [0.4, 0.5) is 0 Å². The lowest BCUT2D eigenvalue weighted by Crippen LogP contribution is -2.45. The molecule has 0 bridgehead atoms. The molecule has 0 radical (unpaired) electrons. The molecule has 1 N–H and O–H groups in total. The first kappa shape index (κ1) is 15.0. The number of methoxy groups -OCH3 is 1. The van der Waals surface area contributed by atoms with Crippen LogP contribution in [0.5, 0.6) is 5.75 Å². The van der Waals surface area contributed by atoms with E-state index in [1.54, 1.807) is 7.11 Å². The van der Waals surface area contributed by atoms with E-state index in [0.29, 0.717) is 6.54 Å². The molecular formula is C16H24N2O2. The van der Waals surface area contributed by atoms with Crippen LogP contribution in [-0.4, -0.2) is 50.5 Å². The maximum atomic E-state index is 12.5. The average Bonchev–Trinajstić information content (AvgIpc) is 2.44. The monoisotopic (exact) mass is 276 g/mol. The average molecular weight is 276 g/mol. The number of aryl methyl sites for hydroxylation is 1. The van der Waals surface area contributed by atoms with Crippen molar-refractivity contribution in [2.75, 3.05) is 39.8 Å². The second-order valence-corrected chi connectivity index (χ2v) is 5.47. The quantitative estimate of drug-likeness (QED) is 0.850. The molecule has 0 unspecified atom stereocenters. The summed E-state index contributed by atoms with van der Waals surface area (Å²) in [5.41, 5.74) is 3.96. The molecule has 1 fully saturated rings. The van der Waals surface area contributed by atoms with Gasteiger partial charge in [0.05, 0.1) is 13.7 Å². The van der Waals surface area contributed by atoms with E-state index in [0.717, 1.165) is 54.2 Å². The van der Waals surface area contributed by atoms with E-state index in [1.165, 1.54) is 0 Å². The Kier molecular flexibility index (Phi) is 4.78. The number of ether oxygens (including phenoxy) is 1. The van der Waals surface area contributed by atoms with Gasteiger partial charge in [0.2, 0.25) is 0 Å². The summed E-state index contributed by atoms with van der Waals surface area (Å²) in [5.74, 6) is 1.10. The normalized spacial score (nSPS) is 16.2. The van der Waals surface area contributed by atoms with Gasteiger partial charge in [0.25, 0.3) is 0 Å². The van der Waals surface area contributed by atoms with Gasteiger partial charge >= 0.3 is 0 Å². The third-order valence-electron chi connectivity index (χ3n) is 4.11. The Morgan fingerprint density at radius 3 is 2.50 bits per heavy atom. The molecule has 1 aromatic carbocycles. The number of rotatable bonds is 4. The van der Waals surface area contributed by atoms with Gasteiger partial charge in [0.1, 0.15) is 5.75 Å². The molecule has 0 aliphatic carbocycles. The Morgan fingerprint density at radius 1 is 1.25 bits per heavy atom. The largest absolute Gasteiger partial charge is 0.496 e. The number of Topliss-reactive ketones (excluding diaryl/α,β-unsaturated/α-hetero) is 1. The molecule has 110 valence electrons. The maximum Gasteiger partial charge on any atom is 0.177 e. The molecule has 0 saturated carbocycles. The fourth-order valence-electron chi connectivity index (χ4n) is 2.82. The summed E-state index contributed by atoms with van der Waals surface area (Å²) >= 11 is 0. The summed E-state index contributed by atoms with van der Waals surface area (Å²) in [7, 11) is 1.68. The Balaban J connectivity index is 2.21. The molecule has 0 spiro atoms. The van der Waals surface area contributed by atoms with Crippen molar-refractivity contribution in [3.05, 3.63) is 28.3 Å². The summed E-state index contributed by atoms with van der Waals surface area (Å²) in [6, 6.07) is 1.96. The number of hydrogen-bond donors (Lipinski definition) is 1. The molecule has 0 amide bonds. The van der Waals surface area contributed by atoms with Gasteiger partial charge < -0.3 is 10.1 Å². The van der Waals surface area contributed by atoms with Crippen LogP contribution in [0, 0.1) is 20.8 Å². The predicted octanol–water partition coefficient (Wildman–Crippen LogP) is 1.71. The van der Waals surface area contributed by atoms with E-state index in [9.17, 15) is 4.79 Å². The minimum Gasteiger partial charge on any atom is -0.496 e. The van der Waals surface area contributed by atoms with Crippen molar-refractivity contribution in [1.29, 1.82) is 0 Å². The van der Waals surface area contributed by atoms with Crippen LogP contribution < -0.4 is 10.1 Å². The standard InChI is InChI=1S/C16H24N2O2/c1-11-9-14(12(2)13(3)16(11)20-4)15(19)10-18-7-5-17-6-8-18/h9,17H,5-8,10H2,1-4H3. The highest BCUT2D eigenvalue weighted by Crippen LogP contribution is 2.28. The second-order valence-electron chi connectivity index (χ2n) is 5.47. The summed E-state index contributed by atoms with van der Waals surface area (Å²) in [5, 5.41) is 3.30. The molecule has 1 aliphatic heterocycles. The van der Waals surface area contributed by atoms with Gasteiger partial charge in [-0.3, -0.25) is 9.69 Å². The third-order valence-corrected chi connectivity index (χ3v) is 4.11. The van der Waals surface area contributed by atoms with Gasteiger partial charge in [-0.2, -0.15) is 0 Å². The van der Waals surface area contributed by atoms with Crippen molar-refractivity contribution < 1.29 is 9.53 Å². The smallest absolute Gasteiger partial charge is 0.177 e. The lowest BCUT2D eigenvalue weighted by atomic mass is 9.95. The van der Waals surface area contributed by atoms with Crippen LogP contribution >= 0.6 is 0 Å². The lowest BCUT2D eigenvalue weighted by molar-refractivity contribution is 0.0920. The minimum atomic E-state index is 0.207. The Labute approximate surface area is 121 Å². The molecule has 1 aliphatic rings. The van der Waals surface area contributed by atoms with Crippen LogP contribution in [0.2, 0.25) is 0 Å². The number of ketones is 1. The predicted molar refractivity (Wildman–Crippen MR) is 80.8 cm³/mol. The zero-order valence-electron chi connectivity index (χ0n) is 12.9. The number of carbonyl (C=O) groups excluding carboxylic acids is 1.